The van der Waals surface area contributed by atoms with Crippen molar-refractivity contribution >= 4 is 81.7 Å². The van der Waals surface area contributed by atoms with Crippen LogP contribution in [0.25, 0.3) is 12.2 Å². The molecule has 0 saturated heterocycles. The fourth-order valence-corrected chi connectivity index (χ4v) is 3.60. The SMILES string of the molecule is O=C(/C=C/c1ccc(Cl)cc1Cl)Nc1ccccc1NC(=O)/C=C/c1ccc(Cl)cc1Cl. The predicted octanol–water partition coefficient (Wildman–Crippen LogP) is 7.60. The van der Waals surface area contributed by atoms with Crippen molar-refractivity contribution in [1.29, 1.82) is 0 Å². The number of para-hydroxylation sites is 2. The lowest BCUT2D eigenvalue weighted by Crippen LogP contribution is -2.13. The second-order valence-electron chi connectivity index (χ2n) is 6.52. The van der Waals surface area contributed by atoms with E-state index in [9.17, 15) is 9.59 Å². The van der Waals surface area contributed by atoms with E-state index in [2.05, 4.69) is 10.6 Å². The van der Waals surface area contributed by atoms with Gasteiger partial charge in [-0.3, -0.25) is 9.59 Å². The molecule has 3 rings (SSSR count). The Bertz CT molecular complexity index is 1130. The molecule has 4 nitrogen and oxygen atoms in total. The molecule has 0 spiro atoms. The molecule has 2 amide bonds. The minimum Gasteiger partial charge on any atom is -0.321 e. The van der Waals surface area contributed by atoms with Crippen LogP contribution in [-0.2, 0) is 9.59 Å². The Morgan fingerprint density at radius 2 is 1.03 bits per heavy atom. The molecule has 3 aromatic carbocycles. The number of nitrogens with one attached hydrogen (secondary N) is 2. The average Bonchev–Trinajstić information content (AvgIpc) is 2.74. The third-order valence-electron chi connectivity index (χ3n) is 4.20. The number of carbonyl (C=O) groups is 2. The van der Waals surface area contributed by atoms with Gasteiger partial charge in [0, 0.05) is 32.2 Å². The summed E-state index contributed by atoms with van der Waals surface area (Å²) in [5.41, 5.74) is 2.18. The van der Waals surface area contributed by atoms with E-state index in [0.717, 1.165) is 0 Å². The Morgan fingerprint density at radius 1 is 0.625 bits per heavy atom. The molecule has 8 heteroatoms. The molecule has 0 aliphatic heterocycles. The van der Waals surface area contributed by atoms with E-state index >= 15 is 0 Å². The number of hydrogen-bond acceptors (Lipinski definition) is 2. The van der Waals surface area contributed by atoms with Gasteiger partial charge in [-0.2, -0.15) is 0 Å². The lowest BCUT2D eigenvalue weighted by atomic mass is 10.2. The van der Waals surface area contributed by atoms with Gasteiger partial charge in [0.15, 0.2) is 0 Å². The van der Waals surface area contributed by atoms with Gasteiger partial charge in [0.05, 0.1) is 11.4 Å². The van der Waals surface area contributed by atoms with Crippen LogP contribution in [0.4, 0.5) is 11.4 Å². The zero-order valence-electron chi connectivity index (χ0n) is 16.4. The maximum absolute atomic E-state index is 12.4. The van der Waals surface area contributed by atoms with Crippen molar-refractivity contribution in [2.75, 3.05) is 10.6 Å². The molecule has 0 atom stereocenters. The number of halogens is 4. The molecule has 0 aromatic heterocycles. The first kappa shape index (κ1) is 23.9. The summed E-state index contributed by atoms with van der Waals surface area (Å²) < 4.78 is 0. The molecule has 0 bridgehead atoms. The fraction of sp³-hybridized carbons (Fsp3) is 0. The largest absolute Gasteiger partial charge is 0.321 e. The van der Waals surface area contributed by atoms with E-state index in [-0.39, 0.29) is 11.8 Å². The second-order valence-corrected chi connectivity index (χ2v) is 8.21. The molecule has 162 valence electrons. The van der Waals surface area contributed by atoms with Gasteiger partial charge in [0.2, 0.25) is 11.8 Å². The topological polar surface area (TPSA) is 58.2 Å². The van der Waals surface area contributed by atoms with Crippen LogP contribution in [-0.4, -0.2) is 11.8 Å². The first-order valence-electron chi connectivity index (χ1n) is 9.29. The Hall–Kier alpha value is -2.76. The highest BCUT2D eigenvalue weighted by molar-refractivity contribution is 6.36. The van der Waals surface area contributed by atoms with E-state index in [1.165, 1.54) is 12.2 Å². The van der Waals surface area contributed by atoms with Crippen LogP contribution >= 0.6 is 46.4 Å². The summed E-state index contributed by atoms with van der Waals surface area (Å²) in [6.07, 6.45) is 5.84. The maximum Gasteiger partial charge on any atom is 0.248 e. The quantitative estimate of drug-likeness (QED) is 0.339. The fourth-order valence-electron chi connectivity index (χ4n) is 2.65. The third-order valence-corrected chi connectivity index (χ3v) is 5.32. The van der Waals surface area contributed by atoms with Gasteiger partial charge in [-0.05, 0) is 59.7 Å². The molecule has 0 fully saturated rings. The van der Waals surface area contributed by atoms with Crippen LogP contribution in [0.5, 0.6) is 0 Å². The molecule has 0 aliphatic rings. The highest BCUT2D eigenvalue weighted by Crippen LogP contribution is 2.24. The van der Waals surface area contributed by atoms with Crippen molar-refractivity contribution in [3.05, 3.63) is 104 Å². The minimum absolute atomic E-state index is 0.388. The van der Waals surface area contributed by atoms with Crippen LogP contribution in [0.15, 0.2) is 72.8 Å². The first-order valence-corrected chi connectivity index (χ1v) is 10.8. The van der Waals surface area contributed by atoms with Crippen LogP contribution in [0.2, 0.25) is 20.1 Å². The van der Waals surface area contributed by atoms with Crippen LogP contribution in [0.1, 0.15) is 11.1 Å². The summed E-state index contributed by atoms with van der Waals surface area (Å²) >= 11 is 24.0. The van der Waals surface area contributed by atoms with Crippen molar-refractivity contribution in [2.45, 2.75) is 0 Å². The third kappa shape index (κ3) is 6.87. The van der Waals surface area contributed by atoms with Crippen molar-refractivity contribution < 1.29 is 9.59 Å². The van der Waals surface area contributed by atoms with Crippen LogP contribution in [0, 0.1) is 0 Å². The van der Waals surface area contributed by atoms with E-state index in [0.29, 0.717) is 42.6 Å². The Morgan fingerprint density at radius 3 is 1.41 bits per heavy atom. The van der Waals surface area contributed by atoms with Crippen molar-refractivity contribution in [3.63, 3.8) is 0 Å². The molecule has 32 heavy (non-hydrogen) atoms. The summed E-state index contributed by atoms with van der Waals surface area (Å²) in [4.78, 5) is 24.7. The molecule has 0 unspecified atom stereocenters. The highest BCUT2D eigenvalue weighted by Gasteiger charge is 2.07. The lowest BCUT2D eigenvalue weighted by Gasteiger charge is -2.10. The predicted molar refractivity (Wildman–Crippen MR) is 135 cm³/mol. The highest BCUT2D eigenvalue weighted by atomic mass is 35.5. The first-order chi connectivity index (χ1) is 15.3. The average molecular weight is 506 g/mol. The molecular weight excluding hydrogens is 490 g/mol. The van der Waals surface area contributed by atoms with Crippen molar-refractivity contribution in [1.82, 2.24) is 0 Å². The zero-order valence-corrected chi connectivity index (χ0v) is 19.4. The van der Waals surface area contributed by atoms with Crippen LogP contribution < -0.4 is 10.6 Å². The standard InChI is InChI=1S/C24H16Cl4N2O2/c25-17-9-5-15(19(27)13-17)7-11-23(31)29-21-3-1-2-4-22(21)30-24(32)12-8-16-6-10-18(26)14-20(16)28/h1-14H,(H,29,31)(H,30,32)/b11-7+,12-8+. The summed E-state index contributed by atoms with van der Waals surface area (Å²) in [5, 5.41) is 7.35. The number of hydrogen-bond donors (Lipinski definition) is 2. The Labute approximate surface area is 205 Å². The molecule has 2 N–H and O–H groups in total. The molecule has 0 aliphatic carbocycles. The van der Waals surface area contributed by atoms with Gasteiger partial charge in [-0.1, -0.05) is 70.7 Å². The summed E-state index contributed by atoms with van der Waals surface area (Å²) in [7, 11) is 0. The van der Waals surface area contributed by atoms with Gasteiger partial charge >= 0.3 is 0 Å². The molecule has 0 saturated carbocycles. The summed E-state index contributed by atoms with van der Waals surface area (Å²) in [6, 6.07) is 16.8. The normalized spacial score (nSPS) is 11.1. The minimum atomic E-state index is -0.388. The van der Waals surface area contributed by atoms with Crippen molar-refractivity contribution in [3.8, 4) is 0 Å². The molecule has 3 aromatic rings. The number of anilines is 2. The van der Waals surface area contributed by atoms with E-state index in [1.54, 1.807) is 72.8 Å². The van der Waals surface area contributed by atoms with Crippen LogP contribution in [0.3, 0.4) is 0 Å². The number of amides is 2. The van der Waals surface area contributed by atoms with Crippen molar-refractivity contribution in [2.24, 2.45) is 0 Å². The summed E-state index contributed by atoms with van der Waals surface area (Å²) in [5.74, 6) is -0.776. The van der Waals surface area contributed by atoms with E-state index in [1.807, 2.05) is 0 Å². The smallest absolute Gasteiger partial charge is 0.248 e. The van der Waals surface area contributed by atoms with E-state index in [4.69, 9.17) is 46.4 Å². The lowest BCUT2D eigenvalue weighted by molar-refractivity contribution is -0.112. The zero-order chi connectivity index (χ0) is 23.1. The van der Waals surface area contributed by atoms with Gasteiger partial charge in [-0.25, -0.2) is 0 Å². The molecule has 0 heterocycles. The van der Waals surface area contributed by atoms with Gasteiger partial charge in [-0.15, -0.1) is 0 Å². The second kappa shape index (κ2) is 11.2. The number of rotatable bonds is 6. The van der Waals surface area contributed by atoms with E-state index < -0.39 is 0 Å². The van der Waals surface area contributed by atoms with Gasteiger partial charge < -0.3 is 10.6 Å². The van der Waals surface area contributed by atoms with Gasteiger partial charge in [0.25, 0.3) is 0 Å². The Balaban J connectivity index is 1.67. The molecular formula is C24H16Cl4N2O2. The summed E-state index contributed by atoms with van der Waals surface area (Å²) in [6.45, 7) is 0. The maximum atomic E-state index is 12.4. The monoisotopic (exact) mass is 504 g/mol. The van der Waals surface area contributed by atoms with Gasteiger partial charge in [0.1, 0.15) is 0 Å². The Kier molecular flexibility index (Phi) is 8.37. The number of benzene rings is 3. The molecule has 0 radical (unpaired) electrons. The number of carbonyl (C=O) groups excluding carboxylic acids is 2.